The highest BCUT2D eigenvalue weighted by Gasteiger charge is 2.30. The molecule has 0 saturated carbocycles. The Morgan fingerprint density at radius 1 is 1.50 bits per heavy atom. The van der Waals surface area contributed by atoms with Crippen molar-refractivity contribution in [2.45, 2.75) is 27.2 Å². The first-order chi connectivity index (χ1) is 8.51. The summed E-state index contributed by atoms with van der Waals surface area (Å²) >= 11 is 0. The van der Waals surface area contributed by atoms with E-state index < -0.39 is 11.4 Å². The van der Waals surface area contributed by atoms with E-state index in [0.717, 1.165) is 0 Å². The number of carbonyl (C=O) groups is 1. The number of hydrogen-bond acceptors (Lipinski definition) is 5. The van der Waals surface area contributed by atoms with Crippen LogP contribution >= 0.6 is 0 Å². The van der Waals surface area contributed by atoms with Gasteiger partial charge in [-0.25, -0.2) is 0 Å². The van der Waals surface area contributed by atoms with Gasteiger partial charge < -0.3 is 15.2 Å². The lowest BCUT2D eigenvalue weighted by Crippen LogP contribution is -2.34. The molecule has 0 aliphatic rings. The summed E-state index contributed by atoms with van der Waals surface area (Å²) in [6.07, 6.45) is 3.60. The van der Waals surface area contributed by atoms with Crippen LogP contribution in [-0.4, -0.2) is 34.2 Å². The van der Waals surface area contributed by atoms with Crippen LogP contribution < -0.4 is 10.1 Å². The maximum atomic E-state index is 11.1. The largest absolute Gasteiger partial charge is 0.481 e. The number of aromatic nitrogens is 2. The first-order valence-electron chi connectivity index (χ1n) is 5.94. The van der Waals surface area contributed by atoms with Gasteiger partial charge >= 0.3 is 5.97 Å². The van der Waals surface area contributed by atoms with E-state index in [1.54, 1.807) is 13.1 Å². The van der Waals surface area contributed by atoms with E-state index >= 15 is 0 Å². The minimum absolute atomic E-state index is 0.295. The van der Waals surface area contributed by atoms with E-state index in [2.05, 4.69) is 15.3 Å². The average molecular weight is 253 g/mol. The van der Waals surface area contributed by atoms with E-state index in [-0.39, 0.29) is 0 Å². The molecule has 0 bridgehead atoms. The van der Waals surface area contributed by atoms with Crippen LogP contribution in [0.2, 0.25) is 0 Å². The van der Waals surface area contributed by atoms with E-state index in [1.807, 2.05) is 13.8 Å². The maximum Gasteiger partial charge on any atom is 0.311 e. The number of anilines is 1. The smallest absolute Gasteiger partial charge is 0.311 e. The minimum Gasteiger partial charge on any atom is -0.481 e. The lowest BCUT2D eigenvalue weighted by molar-refractivity contribution is -0.147. The van der Waals surface area contributed by atoms with Crippen LogP contribution in [0.3, 0.4) is 0 Å². The van der Waals surface area contributed by atoms with E-state index in [9.17, 15) is 4.79 Å². The highest BCUT2D eigenvalue weighted by atomic mass is 16.5. The van der Waals surface area contributed by atoms with Crippen molar-refractivity contribution in [2.24, 2.45) is 5.41 Å². The summed E-state index contributed by atoms with van der Waals surface area (Å²) in [7, 11) is 0. The molecule has 2 N–H and O–H groups in total. The molecule has 100 valence electrons. The van der Waals surface area contributed by atoms with Crippen LogP contribution in [0.15, 0.2) is 12.4 Å². The molecule has 0 radical (unpaired) electrons. The zero-order valence-corrected chi connectivity index (χ0v) is 10.9. The summed E-state index contributed by atoms with van der Waals surface area (Å²) < 4.78 is 5.22. The first kappa shape index (κ1) is 14.2. The number of carboxylic acids is 1. The molecule has 1 unspecified atom stereocenters. The molecule has 1 heterocycles. The van der Waals surface area contributed by atoms with Crippen molar-refractivity contribution < 1.29 is 14.6 Å². The fourth-order valence-electron chi connectivity index (χ4n) is 1.29. The van der Waals surface area contributed by atoms with Gasteiger partial charge in [0.1, 0.15) is 5.82 Å². The molecule has 0 aliphatic carbocycles. The lowest BCUT2D eigenvalue weighted by Gasteiger charge is -2.23. The Hall–Kier alpha value is -1.85. The van der Waals surface area contributed by atoms with Crippen molar-refractivity contribution in [1.82, 2.24) is 9.97 Å². The summed E-state index contributed by atoms with van der Waals surface area (Å²) in [6.45, 7) is 6.21. The Balaban J connectivity index is 2.68. The van der Waals surface area contributed by atoms with Crippen LogP contribution in [0, 0.1) is 5.41 Å². The second-order valence-electron chi connectivity index (χ2n) is 4.25. The number of carboxylic acid groups (broad SMARTS) is 1. The molecule has 6 heteroatoms. The average Bonchev–Trinajstić information content (AvgIpc) is 2.36. The highest BCUT2D eigenvalue weighted by molar-refractivity contribution is 5.74. The van der Waals surface area contributed by atoms with Gasteiger partial charge in [-0.15, -0.1) is 0 Å². The molecule has 1 rings (SSSR count). The number of aliphatic carboxylic acids is 1. The van der Waals surface area contributed by atoms with Crippen LogP contribution in [0.1, 0.15) is 27.2 Å². The summed E-state index contributed by atoms with van der Waals surface area (Å²) in [5, 5.41) is 12.1. The number of ether oxygens (including phenoxy) is 1. The normalized spacial score (nSPS) is 13.7. The molecule has 0 fully saturated rings. The zero-order valence-electron chi connectivity index (χ0n) is 10.9. The van der Waals surface area contributed by atoms with Crippen LogP contribution in [0.25, 0.3) is 0 Å². The van der Waals surface area contributed by atoms with Crippen molar-refractivity contribution in [3.63, 3.8) is 0 Å². The predicted molar refractivity (Wildman–Crippen MR) is 67.7 cm³/mol. The van der Waals surface area contributed by atoms with Gasteiger partial charge in [0.25, 0.3) is 0 Å². The molecule has 0 saturated heterocycles. The van der Waals surface area contributed by atoms with Gasteiger partial charge in [-0.1, -0.05) is 6.92 Å². The molecule has 0 aliphatic heterocycles. The van der Waals surface area contributed by atoms with E-state index in [0.29, 0.717) is 31.3 Å². The number of hydrogen-bond donors (Lipinski definition) is 2. The quantitative estimate of drug-likeness (QED) is 0.770. The van der Waals surface area contributed by atoms with E-state index in [1.165, 1.54) is 6.20 Å². The third-order valence-electron chi connectivity index (χ3n) is 2.86. The van der Waals surface area contributed by atoms with Crippen LogP contribution in [0.5, 0.6) is 5.88 Å². The number of rotatable bonds is 7. The summed E-state index contributed by atoms with van der Waals surface area (Å²) in [4.78, 5) is 19.3. The summed E-state index contributed by atoms with van der Waals surface area (Å²) in [5.74, 6) is 0.115. The third-order valence-corrected chi connectivity index (χ3v) is 2.86. The Morgan fingerprint density at radius 3 is 2.78 bits per heavy atom. The van der Waals surface area contributed by atoms with Gasteiger partial charge in [0.05, 0.1) is 24.4 Å². The van der Waals surface area contributed by atoms with Crippen molar-refractivity contribution in [2.75, 3.05) is 18.5 Å². The van der Waals surface area contributed by atoms with E-state index in [4.69, 9.17) is 9.84 Å². The van der Waals surface area contributed by atoms with Gasteiger partial charge in [0, 0.05) is 6.54 Å². The SMILES string of the molecule is CCOc1cncc(NCC(C)(CC)C(=O)O)n1. The molecule has 1 atom stereocenters. The molecule has 18 heavy (non-hydrogen) atoms. The maximum absolute atomic E-state index is 11.1. The minimum atomic E-state index is -0.827. The second kappa shape index (κ2) is 6.18. The Kier molecular flexibility index (Phi) is 4.88. The van der Waals surface area contributed by atoms with Crippen molar-refractivity contribution in [1.29, 1.82) is 0 Å². The summed E-state index contributed by atoms with van der Waals surface area (Å²) in [6, 6.07) is 0. The molecule has 0 aromatic carbocycles. The van der Waals surface area contributed by atoms with Gasteiger partial charge in [0.2, 0.25) is 5.88 Å². The highest BCUT2D eigenvalue weighted by Crippen LogP contribution is 2.22. The van der Waals surface area contributed by atoms with Crippen molar-refractivity contribution in [3.8, 4) is 5.88 Å². The summed E-state index contributed by atoms with van der Waals surface area (Å²) in [5.41, 5.74) is -0.816. The zero-order chi connectivity index (χ0) is 13.6. The Bertz CT molecular complexity index is 411. The van der Waals surface area contributed by atoms with Gasteiger partial charge in [-0.2, -0.15) is 4.98 Å². The molecule has 0 amide bonds. The monoisotopic (exact) mass is 253 g/mol. The number of nitrogens with one attached hydrogen (secondary N) is 1. The van der Waals surface area contributed by atoms with Gasteiger partial charge in [0.15, 0.2) is 0 Å². The molecule has 6 nitrogen and oxygen atoms in total. The fraction of sp³-hybridized carbons (Fsp3) is 0.583. The van der Waals surface area contributed by atoms with Crippen LogP contribution in [0.4, 0.5) is 5.82 Å². The third kappa shape index (κ3) is 3.58. The lowest BCUT2D eigenvalue weighted by atomic mass is 9.88. The standard InChI is InChI=1S/C12H19N3O3/c1-4-12(3,11(16)17)8-14-9-6-13-7-10(15-9)18-5-2/h6-7H,4-5,8H2,1-3H3,(H,14,15)(H,16,17). The van der Waals surface area contributed by atoms with Gasteiger partial charge in [-0.05, 0) is 20.3 Å². The molecular formula is C12H19N3O3. The van der Waals surface area contributed by atoms with Crippen molar-refractivity contribution >= 4 is 11.8 Å². The Morgan fingerprint density at radius 2 is 2.22 bits per heavy atom. The topological polar surface area (TPSA) is 84.3 Å². The molecule has 1 aromatic rings. The molecule has 1 aromatic heterocycles. The predicted octanol–water partition coefficient (Wildman–Crippen LogP) is 1.79. The fourth-order valence-corrected chi connectivity index (χ4v) is 1.29. The van der Waals surface area contributed by atoms with Crippen LogP contribution in [-0.2, 0) is 4.79 Å². The number of nitrogens with zero attached hydrogens (tertiary/aromatic N) is 2. The Labute approximate surface area is 106 Å². The molecular weight excluding hydrogens is 234 g/mol. The van der Waals surface area contributed by atoms with Gasteiger partial charge in [-0.3, -0.25) is 9.78 Å². The second-order valence-corrected chi connectivity index (χ2v) is 4.25. The van der Waals surface area contributed by atoms with Crippen molar-refractivity contribution in [3.05, 3.63) is 12.4 Å². The molecule has 0 spiro atoms. The first-order valence-corrected chi connectivity index (χ1v) is 5.94.